The summed E-state index contributed by atoms with van der Waals surface area (Å²) in [7, 11) is 0. The molecule has 0 radical (unpaired) electrons. The van der Waals surface area contributed by atoms with E-state index in [2.05, 4.69) is 19.2 Å². The largest absolute Gasteiger partial charge is 1.00 e. The maximum Gasteiger partial charge on any atom is 1.00 e. The number of allylic oxidation sites excluding steroid dienone is 4. The van der Waals surface area contributed by atoms with E-state index < -0.39 is 0 Å². The zero-order chi connectivity index (χ0) is 5.70. The van der Waals surface area contributed by atoms with Gasteiger partial charge in [-0.05, 0) is 0 Å². The average Bonchev–Trinajstić information content (AvgIpc) is 1.68. The summed E-state index contributed by atoms with van der Waals surface area (Å²) >= 11 is 0. The van der Waals surface area contributed by atoms with Crippen LogP contribution in [-0.2, 0) is 0 Å². The third kappa shape index (κ3) is 6.86. The minimum Gasteiger partial charge on any atom is -0.194 e. The van der Waals surface area contributed by atoms with E-state index in [0.717, 1.165) is 5.57 Å². The van der Waals surface area contributed by atoms with Crippen LogP contribution in [0.4, 0.5) is 0 Å². The van der Waals surface area contributed by atoms with Crippen LogP contribution in [0.2, 0.25) is 0 Å². The first-order valence-electron chi connectivity index (χ1n) is 2.14. The normalized spacial score (nSPS) is 9.38. The van der Waals surface area contributed by atoms with E-state index >= 15 is 0 Å². The van der Waals surface area contributed by atoms with Gasteiger partial charge in [0.2, 0.25) is 0 Å². The Bertz CT molecular complexity index is 101. The Kier molecular flexibility index (Phi) is 11.4. The second-order valence-electron chi connectivity index (χ2n) is 1.24. The van der Waals surface area contributed by atoms with Crippen molar-refractivity contribution in [1.82, 2.24) is 0 Å². The molecule has 0 nitrogen and oxygen atoms in total. The summed E-state index contributed by atoms with van der Waals surface area (Å²) in [6.07, 6.45) is 6.22. The molecule has 0 amide bonds. The molecule has 0 heterocycles. The van der Waals surface area contributed by atoms with Crippen LogP contribution in [0.3, 0.4) is 0 Å². The summed E-state index contributed by atoms with van der Waals surface area (Å²) < 4.78 is 0. The van der Waals surface area contributed by atoms with Crippen molar-refractivity contribution in [1.29, 1.82) is 0 Å². The fraction of sp³-hybridized carbons (Fsp3) is 0.143. The van der Waals surface area contributed by atoms with Crippen molar-refractivity contribution >= 4 is 0 Å². The molecule has 0 saturated heterocycles. The molecule has 0 spiro atoms. The first-order valence-corrected chi connectivity index (χ1v) is 2.14. The molecule has 0 aliphatic rings. The van der Waals surface area contributed by atoms with Gasteiger partial charge in [0.25, 0.3) is 0 Å². The van der Waals surface area contributed by atoms with Crippen LogP contribution in [0.25, 0.3) is 0 Å². The van der Waals surface area contributed by atoms with Crippen LogP contribution in [0, 0.1) is 6.08 Å². The summed E-state index contributed by atoms with van der Waals surface area (Å²) in [5.41, 5.74) is 1.02. The van der Waals surface area contributed by atoms with Gasteiger partial charge in [0.05, 0.1) is 0 Å². The fourth-order valence-electron chi connectivity index (χ4n) is 0.220. The monoisotopic (exact) mass is 132 g/mol. The van der Waals surface area contributed by atoms with Crippen molar-refractivity contribution in [3.63, 3.8) is 0 Å². The second-order valence-corrected chi connectivity index (χ2v) is 1.24. The van der Waals surface area contributed by atoms with Crippen molar-refractivity contribution in [2.24, 2.45) is 0 Å². The Hall–Kier alpha value is 0.856. The van der Waals surface area contributed by atoms with Crippen LogP contribution in [0.5, 0.6) is 0 Å². The Morgan fingerprint density at radius 3 is 2.12 bits per heavy atom. The minimum absolute atomic E-state index is 0. The third-order valence-electron chi connectivity index (χ3n) is 0.636. The van der Waals surface area contributed by atoms with E-state index in [1.54, 1.807) is 12.2 Å². The predicted molar refractivity (Wildman–Crippen MR) is 32.8 cm³/mol. The SMILES string of the molecule is C=C[C-]=C(C)C=C.[K+]. The van der Waals surface area contributed by atoms with E-state index in [1.165, 1.54) is 0 Å². The maximum absolute atomic E-state index is 3.53. The van der Waals surface area contributed by atoms with Gasteiger partial charge < -0.3 is 0 Å². The fourth-order valence-corrected chi connectivity index (χ4v) is 0.220. The van der Waals surface area contributed by atoms with Gasteiger partial charge in [0, 0.05) is 0 Å². The zero-order valence-electron chi connectivity index (χ0n) is 5.57. The maximum atomic E-state index is 3.53. The minimum atomic E-state index is 0. The first kappa shape index (κ1) is 11.6. The molecule has 0 aromatic carbocycles. The number of rotatable bonds is 2. The van der Waals surface area contributed by atoms with Gasteiger partial charge in [-0.1, -0.05) is 6.92 Å². The third-order valence-corrected chi connectivity index (χ3v) is 0.636. The van der Waals surface area contributed by atoms with Crippen molar-refractivity contribution in [3.8, 4) is 0 Å². The number of hydrogen-bond acceptors (Lipinski definition) is 0. The molecule has 0 atom stereocenters. The smallest absolute Gasteiger partial charge is 0.194 e. The molecule has 0 aliphatic carbocycles. The molecular weight excluding hydrogens is 123 g/mol. The summed E-state index contributed by atoms with van der Waals surface area (Å²) in [5, 5.41) is 0. The topological polar surface area (TPSA) is 0 Å². The molecule has 0 aliphatic heterocycles. The quantitative estimate of drug-likeness (QED) is 0.260. The molecule has 0 aromatic rings. The molecule has 8 heavy (non-hydrogen) atoms. The van der Waals surface area contributed by atoms with Gasteiger partial charge in [-0.2, -0.15) is 37.0 Å². The van der Waals surface area contributed by atoms with Gasteiger partial charge in [-0.25, -0.2) is 0 Å². The molecule has 0 saturated carbocycles. The standard InChI is InChI=1S/C7H9.K/c1-4-6-7(3)5-2;/h4-5H,1-2H2,3H3;/q-1;+1. The predicted octanol–water partition coefficient (Wildman–Crippen LogP) is -0.888. The van der Waals surface area contributed by atoms with Gasteiger partial charge in [0.15, 0.2) is 0 Å². The van der Waals surface area contributed by atoms with Crippen LogP contribution in [0.15, 0.2) is 30.9 Å². The molecule has 0 N–H and O–H groups in total. The average molecular weight is 132 g/mol. The van der Waals surface area contributed by atoms with E-state index in [4.69, 9.17) is 0 Å². The molecule has 38 valence electrons. The Labute approximate surface area is 93.8 Å². The summed E-state index contributed by atoms with van der Waals surface area (Å²) in [4.78, 5) is 0. The Balaban J connectivity index is 0. The molecule has 0 unspecified atom stereocenters. The first-order chi connectivity index (χ1) is 3.31. The molecule has 0 bridgehead atoms. The van der Waals surface area contributed by atoms with Gasteiger partial charge >= 0.3 is 51.4 Å². The van der Waals surface area contributed by atoms with Crippen LogP contribution in [-0.4, -0.2) is 0 Å². The number of hydrogen-bond donors (Lipinski definition) is 0. The van der Waals surface area contributed by atoms with E-state index in [0.29, 0.717) is 0 Å². The molecule has 0 aromatic heterocycles. The summed E-state index contributed by atoms with van der Waals surface area (Å²) in [6, 6.07) is 0. The van der Waals surface area contributed by atoms with Crippen LogP contribution >= 0.6 is 0 Å². The molecule has 0 rings (SSSR count). The molecule has 0 fully saturated rings. The zero-order valence-corrected chi connectivity index (χ0v) is 8.69. The van der Waals surface area contributed by atoms with E-state index in [9.17, 15) is 0 Å². The summed E-state index contributed by atoms with van der Waals surface area (Å²) in [6.45, 7) is 8.93. The van der Waals surface area contributed by atoms with Gasteiger partial charge in [0.1, 0.15) is 0 Å². The van der Waals surface area contributed by atoms with Crippen molar-refractivity contribution in [3.05, 3.63) is 37.0 Å². The van der Waals surface area contributed by atoms with Crippen LogP contribution < -0.4 is 51.4 Å². The summed E-state index contributed by atoms with van der Waals surface area (Å²) in [5.74, 6) is 0. The Morgan fingerprint density at radius 2 is 2.00 bits per heavy atom. The van der Waals surface area contributed by atoms with Crippen molar-refractivity contribution in [2.75, 3.05) is 0 Å². The van der Waals surface area contributed by atoms with Crippen LogP contribution in [0.1, 0.15) is 6.92 Å². The van der Waals surface area contributed by atoms with E-state index in [1.807, 2.05) is 6.92 Å². The molecule has 1 heteroatoms. The van der Waals surface area contributed by atoms with Crippen molar-refractivity contribution < 1.29 is 51.4 Å². The van der Waals surface area contributed by atoms with Gasteiger partial charge in [-0.15, -0.1) is 0 Å². The van der Waals surface area contributed by atoms with E-state index in [-0.39, 0.29) is 51.4 Å². The van der Waals surface area contributed by atoms with Crippen molar-refractivity contribution in [2.45, 2.75) is 6.92 Å². The Morgan fingerprint density at radius 1 is 1.50 bits per heavy atom. The second kappa shape index (κ2) is 7.86. The van der Waals surface area contributed by atoms with Gasteiger partial charge in [-0.3, -0.25) is 0 Å². The molecular formula is C7H9K.